The molecule has 0 aliphatic carbocycles. The van der Waals surface area contributed by atoms with Crippen LogP contribution in [0.15, 0.2) is 66.7 Å². The van der Waals surface area contributed by atoms with Crippen molar-refractivity contribution in [1.82, 2.24) is 10.6 Å². The van der Waals surface area contributed by atoms with Crippen LogP contribution >= 0.6 is 0 Å². The number of aromatic hydroxyl groups is 1. The molecule has 1 saturated heterocycles. The maximum Gasteiger partial charge on any atom is 0.231 e. The Hall–Kier alpha value is -3.09. The lowest BCUT2D eigenvalue weighted by Gasteiger charge is -2.38. The second-order valence-corrected chi connectivity index (χ2v) is 7.33. The predicted octanol–water partition coefficient (Wildman–Crippen LogP) is 4.32. The second-order valence-electron chi connectivity index (χ2n) is 7.33. The van der Waals surface area contributed by atoms with Crippen LogP contribution in [0.1, 0.15) is 41.4 Å². The monoisotopic (exact) mass is 392 g/mol. The van der Waals surface area contributed by atoms with Gasteiger partial charge in [0.2, 0.25) is 6.79 Å². The first kappa shape index (κ1) is 18.0. The van der Waals surface area contributed by atoms with Crippen LogP contribution in [-0.2, 0) is 0 Å². The van der Waals surface area contributed by atoms with Crippen molar-refractivity contribution < 1.29 is 19.0 Å². The van der Waals surface area contributed by atoms with E-state index < -0.39 is 0 Å². The highest BCUT2D eigenvalue weighted by molar-refractivity contribution is 5.46. The number of para-hydroxylation sites is 1. The summed E-state index contributed by atoms with van der Waals surface area (Å²) >= 11 is 0. The molecular weight excluding hydrogens is 371 g/mol. The summed E-state index contributed by atoms with van der Waals surface area (Å²) in [5.74, 6) is 1.43. The van der Waals surface area contributed by atoms with Crippen LogP contribution in [0.5, 0.6) is 17.2 Å². The van der Waals surface area contributed by atoms with Crippen molar-refractivity contribution in [3.05, 3.63) is 89.2 Å². The van der Waals surface area contributed by atoms with Gasteiger partial charge in [-0.05, 0) is 47.9 Å². The Kier molecular flexibility index (Phi) is 4.58. The summed E-state index contributed by atoms with van der Waals surface area (Å²) in [6.45, 7) is 0.227. The van der Waals surface area contributed by atoms with E-state index in [9.17, 15) is 9.50 Å². The van der Waals surface area contributed by atoms with Crippen LogP contribution in [0.2, 0.25) is 0 Å². The molecule has 5 rings (SSSR count). The lowest BCUT2D eigenvalue weighted by atomic mass is 9.90. The fourth-order valence-electron chi connectivity index (χ4n) is 4.06. The van der Waals surface area contributed by atoms with E-state index in [0.717, 1.165) is 28.2 Å². The number of ether oxygens (including phenoxy) is 2. The lowest BCUT2D eigenvalue weighted by Crippen LogP contribution is -2.45. The quantitative estimate of drug-likeness (QED) is 0.620. The third-order valence-corrected chi connectivity index (χ3v) is 5.50. The number of benzene rings is 3. The number of hydrogen-bond acceptors (Lipinski definition) is 5. The molecule has 0 radical (unpaired) electrons. The molecule has 2 aliphatic heterocycles. The number of phenolic OH excluding ortho intramolecular Hbond substituents is 1. The molecule has 3 unspecified atom stereocenters. The number of halogens is 1. The fraction of sp³-hybridized carbons (Fsp3) is 0.217. The maximum atomic E-state index is 13.9. The SMILES string of the molecule is Oc1ccccc1C1CC(c2ccc3c(c2)OCO3)NC(c2cccc(F)c2)N1. The molecular formula is C23H21FN2O3. The normalized spacial score (nSPS) is 23.1. The second kappa shape index (κ2) is 7.39. The van der Waals surface area contributed by atoms with Crippen LogP contribution in [0, 0.1) is 5.82 Å². The summed E-state index contributed by atoms with van der Waals surface area (Å²) in [5, 5.41) is 17.5. The van der Waals surface area contributed by atoms with E-state index in [4.69, 9.17) is 9.47 Å². The van der Waals surface area contributed by atoms with Crippen LogP contribution in [-0.4, -0.2) is 11.9 Å². The molecule has 0 amide bonds. The van der Waals surface area contributed by atoms with Gasteiger partial charge in [0.1, 0.15) is 11.6 Å². The van der Waals surface area contributed by atoms with Crippen molar-refractivity contribution in [3.8, 4) is 17.2 Å². The zero-order valence-corrected chi connectivity index (χ0v) is 15.6. The first-order valence-corrected chi connectivity index (χ1v) is 9.62. The van der Waals surface area contributed by atoms with Crippen LogP contribution < -0.4 is 20.1 Å². The molecule has 1 fully saturated rings. The summed E-state index contributed by atoms with van der Waals surface area (Å²) < 4.78 is 24.8. The molecule has 148 valence electrons. The topological polar surface area (TPSA) is 62.8 Å². The molecule has 3 aromatic rings. The van der Waals surface area contributed by atoms with E-state index in [1.807, 2.05) is 36.4 Å². The Morgan fingerprint density at radius 1 is 0.828 bits per heavy atom. The number of hydrogen-bond donors (Lipinski definition) is 3. The zero-order valence-electron chi connectivity index (χ0n) is 15.6. The molecule has 6 heteroatoms. The third-order valence-electron chi connectivity index (χ3n) is 5.50. The molecule has 29 heavy (non-hydrogen) atoms. The number of nitrogens with one attached hydrogen (secondary N) is 2. The Bertz CT molecular complexity index is 1040. The largest absolute Gasteiger partial charge is 0.508 e. The summed E-state index contributed by atoms with van der Waals surface area (Å²) in [4.78, 5) is 0. The predicted molar refractivity (Wildman–Crippen MR) is 106 cm³/mol. The molecule has 0 saturated carbocycles. The highest BCUT2D eigenvalue weighted by atomic mass is 19.1. The first-order valence-electron chi connectivity index (χ1n) is 9.62. The van der Waals surface area contributed by atoms with Gasteiger partial charge in [0.05, 0.1) is 6.17 Å². The molecule has 0 bridgehead atoms. The minimum atomic E-state index is -0.282. The third kappa shape index (κ3) is 3.52. The molecule has 2 heterocycles. The zero-order chi connectivity index (χ0) is 19.8. The van der Waals surface area contributed by atoms with E-state index in [-0.39, 0.29) is 36.6 Å². The Labute approximate surface area is 168 Å². The van der Waals surface area contributed by atoms with Gasteiger partial charge in [0.25, 0.3) is 0 Å². The van der Waals surface area contributed by atoms with Crippen LogP contribution in [0.3, 0.4) is 0 Å². The highest BCUT2D eigenvalue weighted by Crippen LogP contribution is 2.40. The van der Waals surface area contributed by atoms with Gasteiger partial charge in [0.15, 0.2) is 11.5 Å². The van der Waals surface area contributed by atoms with E-state index in [1.54, 1.807) is 18.2 Å². The molecule has 0 spiro atoms. The summed E-state index contributed by atoms with van der Waals surface area (Å²) in [7, 11) is 0. The van der Waals surface area contributed by atoms with Gasteiger partial charge in [-0.15, -0.1) is 0 Å². The van der Waals surface area contributed by atoms with Gasteiger partial charge < -0.3 is 14.6 Å². The molecule has 2 aliphatic rings. The summed E-state index contributed by atoms with van der Waals surface area (Å²) in [6, 6.07) is 19.6. The number of rotatable bonds is 3. The number of phenols is 1. The van der Waals surface area contributed by atoms with Gasteiger partial charge >= 0.3 is 0 Å². The Morgan fingerprint density at radius 2 is 1.66 bits per heavy atom. The van der Waals surface area contributed by atoms with Gasteiger partial charge in [-0.1, -0.05) is 36.4 Å². The fourth-order valence-corrected chi connectivity index (χ4v) is 4.06. The lowest BCUT2D eigenvalue weighted by molar-refractivity contribution is 0.174. The van der Waals surface area contributed by atoms with Crippen molar-refractivity contribution in [2.45, 2.75) is 24.7 Å². The van der Waals surface area contributed by atoms with Crippen molar-refractivity contribution >= 4 is 0 Å². The molecule has 3 aromatic carbocycles. The van der Waals surface area contributed by atoms with Gasteiger partial charge in [0, 0.05) is 17.6 Å². The standard InChI is InChI=1S/C23H21FN2O3/c24-16-5-3-4-15(10-16)23-25-18(14-8-9-21-22(11-14)29-13-28-21)12-19(26-23)17-6-1-2-7-20(17)27/h1-11,18-19,23,25-27H,12-13H2. The number of fused-ring (bicyclic) bond motifs is 1. The smallest absolute Gasteiger partial charge is 0.231 e. The van der Waals surface area contributed by atoms with Gasteiger partial charge in [-0.25, -0.2) is 4.39 Å². The minimum absolute atomic E-state index is 0.0244. The molecule has 5 nitrogen and oxygen atoms in total. The summed E-state index contributed by atoms with van der Waals surface area (Å²) in [5.41, 5.74) is 2.68. The van der Waals surface area contributed by atoms with Crippen molar-refractivity contribution in [1.29, 1.82) is 0 Å². The molecule has 3 N–H and O–H groups in total. The Morgan fingerprint density at radius 3 is 2.52 bits per heavy atom. The first-order chi connectivity index (χ1) is 14.2. The van der Waals surface area contributed by atoms with Crippen molar-refractivity contribution in [2.75, 3.05) is 6.79 Å². The van der Waals surface area contributed by atoms with Gasteiger partial charge in [-0.3, -0.25) is 10.6 Å². The average Bonchev–Trinajstić information content (AvgIpc) is 3.22. The van der Waals surface area contributed by atoms with E-state index in [0.29, 0.717) is 6.42 Å². The van der Waals surface area contributed by atoms with Crippen molar-refractivity contribution in [3.63, 3.8) is 0 Å². The summed E-state index contributed by atoms with van der Waals surface area (Å²) in [6.07, 6.45) is 0.433. The van der Waals surface area contributed by atoms with Crippen LogP contribution in [0.25, 0.3) is 0 Å². The minimum Gasteiger partial charge on any atom is -0.508 e. The Balaban J connectivity index is 1.51. The van der Waals surface area contributed by atoms with Gasteiger partial charge in [-0.2, -0.15) is 0 Å². The molecule has 0 aromatic heterocycles. The average molecular weight is 392 g/mol. The van der Waals surface area contributed by atoms with E-state index in [1.165, 1.54) is 12.1 Å². The maximum absolute atomic E-state index is 13.9. The van der Waals surface area contributed by atoms with Crippen molar-refractivity contribution in [2.24, 2.45) is 0 Å². The van der Waals surface area contributed by atoms with E-state index >= 15 is 0 Å². The van der Waals surface area contributed by atoms with Crippen LogP contribution in [0.4, 0.5) is 4.39 Å². The van der Waals surface area contributed by atoms with E-state index in [2.05, 4.69) is 10.6 Å². The highest BCUT2D eigenvalue weighted by Gasteiger charge is 2.32. The molecule has 3 atom stereocenters.